The predicted molar refractivity (Wildman–Crippen MR) is 83.5 cm³/mol. The second kappa shape index (κ2) is 6.65. The molecule has 0 radical (unpaired) electrons. The first-order valence-electron chi connectivity index (χ1n) is 6.26. The van der Waals surface area contributed by atoms with Crippen molar-refractivity contribution in [2.24, 2.45) is 10.5 Å². The molecule has 0 heterocycles. The molecule has 110 valence electrons. The predicted octanol–water partition coefficient (Wildman–Crippen LogP) is 2.77. The van der Waals surface area contributed by atoms with E-state index in [0.29, 0.717) is 22.9 Å². The van der Waals surface area contributed by atoms with Crippen molar-refractivity contribution in [2.75, 3.05) is 6.54 Å². The monoisotopic (exact) mass is 297 g/mol. The van der Waals surface area contributed by atoms with Crippen LogP contribution in [-0.2, 0) is 0 Å². The SMILES string of the molecule is C/C(=N/NC(=S)NCC(C)(C)C)c1cc(F)ccc1O. The zero-order valence-electron chi connectivity index (χ0n) is 12.1. The molecule has 0 aliphatic heterocycles. The molecule has 0 aliphatic carbocycles. The lowest BCUT2D eigenvalue weighted by Crippen LogP contribution is -2.37. The van der Waals surface area contributed by atoms with Crippen molar-refractivity contribution in [3.05, 3.63) is 29.6 Å². The molecule has 0 aliphatic rings. The fourth-order valence-electron chi connectivity index (χ4n) is 1.38. The number of halogens is 1. The number of nitrogens with one attached hydrogen (secondary N) is 2. The molecule has 0 fully saturated rings. The Balaban J connectivity index is 2.66. The van der Waals surface area contributed by atoms with E-state index < -0.39 is 5.82 Å². The molecule has 0 amide bonds. The number of thiocarbonyl (C=S) groups is 1. The highest BCUT2D eigenvalue weighted by Crippen LogP contribution is 2.18. The van der Waals surface area contributed by atoms with E-state index >= 15 is 0 Å². The smallest absolute Gasteiger partial charge is 0.186 e. The van der Waals surface area contributed by atoms with Crippen LogP contribution in [-0.4, -0.2) is 22.5 Å². The largest absolute Gasteiger partial charge is 0.507 e. The summed E-state index contributed by atoms with van der Waals surface area (Å²) in [7, 11) is 0. The number of nitrogens with zero attached hydrogens (tertiary/aromatic N) is 1. The first-order chi connectivity index (χ1) is 9.19. The van der Waals surface area contributed by atoms with Crippen molar-refractivity contribution in [3.8, 4) is 5.75 Å². The lowest BCUT2D eigenvalue weighted by atomic mass is 9.97. The summed E-state index contributed by atoms with van der Waals surface area (Å²) in [6.07, 6.45) is 0. The number of phenolic OH excluding ortho intramolecular Hbond substituents is 1. The van der Waals surface area contributed by atoms with E-state index in [4.69, 9.17) is 12.2 Å². The summed E-state index contributed by atoms with van der Waals surface area (Å²) in [4.78, 5) is 0. The summed E-state index contributed by atoms with van der Waals surface area (Å²) in [5.74, 6) is -0.455. The summed E-state index contributed by atoms with van der Waals surface area (Å²) in [6, 6.07) is 3.70. The number of hydrogen-bond donors (Lipinski definition) is 3. The van der Waals surface area contributed by atoms with Gasteiger partial charge in [0.15, 0.2) is 5.11 Å². The van der Waals surface area contributed by atoms with Crippen LogP contribution in [0.25, 0.3) is 0 Å². The zero-order valence-corrected chi connectivity index (χ0v) is 12.9. The van der Waals surface area contributed by atoms with Crippen molar-refractivity contribution < 1.29 is 9.50 Å². The minimum absolute atomic E-state index is 0.0250. The van der Waals surface area contributed by atoms with Crippen LogP contribution < -0.4 is 10.7 Å². The van der Waals surface area contributed by atoms with Crippen molar-refractivity contribution in [1.29, 1.82) is 0 Å². The minimum atomic E-state index is -0.430. The van der Waals surface area contributed by atoms with Crippen LogP contribution in [0, 0.1) is 11.2 Å². The molecular formula is C14H20FN3OS. The van der Waals surface area contributed by atoms with Gasteiger partial charge in [-0.1, -0.05) is 20.8 Å². The Hall–Kier alpha value is -1.69. The molecule has 4 nitrogen and oxygen atoms in total. The normalized spacial score (nSPS) is 12.2. The van der Waals surface area contributed by atoms with Gasteiger partial charge < -0.3 is 10.4 Å². The van der Waals surface area contributed by atoms with Crippen LogP contribution >= 0.6 is 12.2 Å². The standard InChI is InChI=1S/C14H20FN3OS/c1-9(11-7-10(15)5-6-12(11)19)17-18-13(20)16-8-14(2,3)4/h5-7,19H,8H2,1-4H3,(H2,16,18,20)/b17-9-. The van der Waals surface area contributed by atoms with Crippen LogP contribution in [0.4, 0.5) is 4.39 Å². The maximum atomic E-state index is 13.1. The van der Waals surface area contributed by atoms with E-state index in [1.807, 2.05) is 0 Å². The number of rotatable bonds is 3. The van der Waals surface area contributed by atoms with E-state index in [-0.39, 0.29) is 11.2 Å². The molecule has 0 saturated carbocycles. The van der Waals surface area contributed by atoms with Gasteiger partial charge in [-0.2, -0.15) is 5.10 Å². The van der Waals surface area contributed by atoms with Gasteiger partial charge in [-0.15, -0.1) is 0 Å². The highest BCUT2D eigenvalue weighted by Gasteiger charge is 2.10. The van der Waals surface area contributed by atoms with Crippen LogP contribution in [0.3, 0.4) is 0 Å². The summed E-state index contributed by atoms with van der Waals surface area (Å²) in [6.45, 7) is 8.62. The maximum Gasteiger partial charge on any atom is 0.186 e. The van der Waals surface area contributed by atoms with Gasteiger partial charge in [0.1, 0.15) is 11.6 Å². The summed E-state index contributed by atoms with van der Waals surface area (Å²) < 4.78 is 13.1. The first kappa shape index (κ1) is 16.4. The summed E-state index contributed by atoms with van der Waals surface area (Å²) in [5.41, 5.74) is 3.55. The third kappa shape index (κ3) is 5.52. The van der Waals surface area contributed by atoms with E-state index in [1.165, 1.54) is 18.2 Å². The molecule has 1 aromatic rings. The molecule has 3 N–H and O–H groups in total. The van der Waals surface area contributed by atoms with Crippen molar-refractivity contribution >= 4 is 23.0 Å². The van der Waals surface area contributed by atoms with Crippen molar-refractivity contribution in [3.63, 3.8) is 0 Å². The topological polar surface area (TPSA) is 56.7 Å². The maximum absolute atomic E-state index is 13.1. The third-order valence-corrected chi connectivity index (χ3v) is 2.69. The fourth-order valence-corrected chi connectivity index (χ4v) is 1.50. The fraction of sp³-hybridized carbons (Fsp3) is 0.429. The molecule has 1 aromatic carbocycles. The number of benzene rings is 1. The van der Waals surface area contributed by atoms with Gasteiger partial charge in [-0.3, -0.25) is 5.43 Å². The van der Waals surface area contributed by atoms with Crippen LogP contribution in [0.5, 0.6) is 5.75 Å². The Morgan fingerprint density at radius 3 is 2.65 bits per heavy atom. The Labute approximate surface area is 124 Å². The molecule has 6 heteroatoms. The number of phenols is 1. The van der Waals surface area contributed by atoms with Gasteiger partial charge in [0.25, 0.3) is 0 Å². The van der Waals surface area contributed by atoms with Gasteiger partial charge in [0.05, 0.1) is 5.71 Å². The molecular weight excluding hydrogens is 277 g/mol. The third-order valence-electron chi connectivity index (χ3n) is 2.45. The first-order valence-corrected chi connectivity index (χ1v) is 6.67. The Kier molecular flexibility index (Phi) is 5.44. The Bertz CT molecular complexity index is 524. The second-order valence-corrected chi connectivity index (χ2v) is 6.12. The molecule has 0 aromatic heterocycles. The molecule has 0 atom stereocenters. The van der Waals surface area contributed by atoms with Crippen LogP contribution in [0.1, 0.15) is 33.3 Å². The van der Waals surface area contributed by atoms with Gasteiger partial charge in [-0.25, -0.2) is 4.39 Å². The highest BCUT2D eigenvalue weighted by atomic mass is 32.1. The van der Waals surface area contributed by atoms with Gasteiger partial charge in [-0.05, 0) is 42.8 Å². The summed E-state index contributed by atoms with van der Waals surface area (Å²) >= 11 is 5.08. The minimum Gasteiger partial charge on any atom is -0.507 e. The van der Waals surface area contributed by atoms with Gasteiger partial charge in [0.2, 0.25) is 0 Å². The average molecular weight is 297 g/mol. The van der Waals surface area contributed by atoms with Crippen LogP contribution in [0.2, 0.25) is 0 Å². The number of aromatic hydroxyl groups is 1. The zero-order chi connectivity index (χ0) is 15.3. The summed E-state index contributed by atoms with van der Waals surface area (Å²) in [5, 5.41) is 17.1. The number of hydrazone groups is 1. The van der Waals surface area contributed by atoms with Crippen LogP contribution in [0.15, 0.2) is 23.3 Å². The second-order valence-electron chi connectivity index (χ2n) is 5.71. The Morgan fingerprint density at radius 2 is 2.05 bits per heavy atom. The highest BCUT2D eigenvalue weighted by molar-refractivity contribution is 7.80. The molecule has 0 unspecified atom stereocenters. The van der Waals surface area contributed by atoms with E-state index in [9.17, 15) is 9.50 Å². The van der Waals surface area contributed by atoms with Crippen molar-refractivity contribution in [2.45, 2.75) is 27.7 Å². The Morgan fingerprint density at radius 1 is 1.40 bits per heavy atom. The molecule has 0 saturated heterocycles. The van der Waals surface area contributed by atoms with E-state index in [1.54, 1.807) is 6.92 Å². The lowest BCUT2D eigenvalue weighted by molar-refractivity contribution is 0.408. The van der Waals surface area contributed by atoms with Gasteiger partial charge >= 0.3 is 0 Å². The molecule has 20 heavy (non-hydrogen) atoms. The number of hydrogen-bond acceptors (Lipinski definition) is 3. The molecule has 0 bridgehead atoms. The quantitative estimate of drug-likeness (QED) is 0.456. The average Bonchev–Trinajstić information content (AvgIpc) is 2.35. The van der Waals surface area contributed by atoms with Crippen molar-refractivity contribution in [1.82, 2.24) is 10.7 Å². The molecule has 0 spiro atoms. The van der Waals surface area contributed by atoms with E-state index in [2.05, 4.69) is 36.6 Å². The lowest BCUT2D eigenvalue weighted by Gasteiger charge is -2.19. The molecule has 1 rings (SSSR count). The van der Waals surface area contributed by atoms with E-state index in [0.717, 1.165) is 0 Å². The van der Waals surface area contributed by atoms with Gasteiger partial charge in [0, 0.05) is 12.1 Å².